The molecule has 2 saturated carbocycles. The molecule has 26 heavy (non-hydrogen) atoms. The van der Waals surface area contributed by atoms with Gasteiger partial charge >= 0.3 is 5.97 Å². The van der Waals surface area contributed by atoms with Crippen molar-refractivity contribution in [1.29, 1.82) is 0 Å². The summed E-state index contributed by atoms with van der Waals surface area (Å²) in [5, 5.41) is 29.3. The smallest absolute Gasteiger partial charge is 0.303 e. The minimum atomic E-state index is -0.730. The van der Waals surface area contributed by atoms with E-state index in [-0.39, 0.29) is 18.4 Å². The van der Waals surface area contributed by atoms with Gasteiger partial charge < -0.3 is 15.3 Å². The fraction of sp³-hybridized carbons (Fsp3) is 0.773. The summed E-state index contributed by atoms with van der Waals surface area (Å²) >= 11 is 0. The fourth-order valence-electron chi connectivity index (χ4n) is 4.51. The quantitative estimate of drug-likeness (QED) is 0.398. The van der Waals surface area contributed by atoms with E-state index in [0.717, 1.165) is 44.9 Å². The molecule has 0 aromatic heterocycles. The summed E-state index contributed by atoms with van der Waals surface area (Å²) < 4.78 is 0. The molecule has 0 heterocycles. The highest BCUT2D eigenvalue weighted by molar-refractivity contribution is 5.66. The number of allylic oxidation sites excluding steroid dienone is 2. The van der Waals surface area contributed by atoms with Gasteiger partial charge in [0.15, 0.2) is 0 Å². The van der Waals surface area contributed by atoms with Crippen LogP contribution in [-0.2, 0) is 4.79 Å². The highest BCUT2D eigenvalue weighted by Crippen LogP contribution is 2.50. The molecule has 4 nitrogen and oxygen atoms in total. The van der Waals surface area contributed by atoms with Gasteiger partial charge in [-0.1, -0.05) is 44.1 Å². The Morgan fingerprint density at radius 2 is 2.08 bits per heavy atom. The van der Waals surface area contributed by atoms with E-state index in [1.165, 1.54) is 5.57 Å². The molecule has 0 radical (unpaired) electrons. The van der Waals surface area contributed by atoms with Crippen LogP contribution in [0.15, 0.2) is 23.8 Å². The standard InChI is InChI=1S/C22H36O4/c1-3-15(2)8-9-18(23)10-11-19-20-13-16(6-4-5-7-22(25)26)12-17(20)14-21(19)24/h6,10-11,15,17-21,23-24H,3-5,7-9,12-14H2,1-2H3,(H,25,26)/t15?,17-,18-,19-,20+,21-/m1/s1. The molecular formula is C22H36O4. The number of aliphatic hydroxyl groups excluding tert-OH is 2. The molecule has 0 spiro atoms. The summed E-state index contributed by atoms with van der Waals surface area (Å²) in [5.74, 6) is 1.05. The third-order valence-corrected chi connectivity index (χ3v) is 6.35. The molecule has 2 rings (SSSR count). The van der Waals surface area contributed by atoms with Crippen LogP contribution in [0.3, 0.4) is 0 Å². The molecule has 3 N–H and O–H groups in total. The number of fused-ring (bicyclic) bond motifs is 1. The summed E-state index contributed by atoms with van der Waals surface area (Å²) in [7, 11) is 0. The zero-order valence-electron chi connectivity index (χ0n) is 16.3. The molecule has 4 heteroatoms. The Labute approximate surface area is 158 Å². The van der Waals surface area contributed by atoms with Crippen LogP contribution in [0.5, 0.6) is 0 Å². The Balaban J connectivity index is 1.83. The molecule has 1 unspecified atom stereocenters. The number of unbranched alkanes of at least 4 members (excludes halogenated alkanes) is 1. The molecular weight excluding hydrogens is 328 g/mol. The zero-order chi connectivity index (χ0) is 19.1. The number of carboxylic acids is 1. The van der Waals surface area contributed by atoms with Crippen molar-refractivity contribution < 1.29 is 20.1 Å². The van der Waals surface area contributed by atoms with Crippen molar-refractivity contribution in [3.05, 3.63) is 23.8 Å². The minimum absolute atomic E-state index is 0.142. The Hall–Kier alpha value is -1.13. The van der Waals surface area contributed by atoms with Gasteiger partial charge in [-0.3, -0.25) is 4.79 Å². The van der Waals surface area contributed by atoms with Crippen molar-refractivity contribution in [1.82, 2.24) is 0 Å². The number of rotatable bonds is 10. The van der Waals surface area contributed by atoms with E-state index in [0.29, 0.717) is 24.2 Å². The molecule has 0 aliphatic heterocycles. The third kappa shape index (κ3) is 6.24. The van der Waals surface area contributed by atoms with E-state index in [2.05, 4.69) is 26.0 Å². The summed E-state index contributed by atoms with van der Waals surface area (Å²) in [4.78, 5) is 10.6. The van der Waals surface area contributed by atoms with Gasteiger partial charge in [-0.25, -0.2) is 0 Å². The first kappa shape index (κ1) is 21.2. The van der Waals surface area contributed by atoms with Crippen molar-refractivity contribution in [2.24, 2.45) is 23.7 Å². The van der Waals surface area contributed by atoms with E-state index in [9.17, 15) is 15.0 Å². The molecule has 0 aromatic carbocycles. The normalized spacial score (nSPS) is 32.2. The van der Waals surface area contributed by atoms with Crippen molar-refractivity contribution in [2.45, 2.75) is 83.8 Å². The zero-order valence-corrected chi connectivity index (χ0v) is 16.3. The van der Waals surface area contributed by atoms with Crippen LogP contribution in [0, 0.1) is 23.7 Å². The van der Waals surface area contributed by atoms with Crippen molar-refractivity contribution in [3.63, 3.8) is 0 Å². The molecule has 0 saturated heterocycles. The maximum absolute atomic E-state index is 10.6. The molecule has 6 atom stereocenters. The lowest BCUT2D eigenvalue weighted by molar-refractivity contribution is -0.137. The lowest BCUT2D eigenvalue weighted by Gasteiger charge is -2.18. The van der Waals surface area contributed by atoms with Crippen molar-refractivity contribution in [3.8, 4) is 0 Å². The first-order valence-corrected chi connectivity index (χ1v) is 10.3. The Morgan fingerprint density at radius 3 is 2.77 bits per heavy atom. The molecule has 0 bridgehead atoms. The van der Waals surface area contributed by atoms with Crippen LogP contribution < -0.4 is 0 Å². The van der Waals surface area contributed by atoms with Crippen molar-refractivity contribution in [2.75, 3.05) is 0 Å². The van der Waals surface area contributed by atoms with Gasteiger partial charge in [0.2, 0.25) is 0 Å². The van der Waals surface area contributed by atoms with Gasteiger partial charge in [-0.15, -0.1) is 0 Å². The largest absolute Gasteiger partial charge is 0.481 e. The number of carboxylic acid groups (broad SMARTS) is 1. The Bertz CT molecular complexity index is 510. The number of hydrogen-bond acceptors (Lipinski definition) is 3. The van der Waals surface area contributed by atoms with Crippen LogP contribution in [0.1, 0.15) is 71.6 Å². The van der Waals surface area contributed by atoms with Crippen LogP contribution >= 0.6 is 0 Å². The van der Waals surface area contributed by atoms with Gasteiger partial charge in [0.25, 0.3) is 0 Å². The van der Waals surface area contributed by atoms with E-state index >= 15 is 0 Å². The second-order valence-corrected chi connectivity index (χ2v) is 8.40. The molecule has 0 amide bonds. The molecule has 2 aliphatic carbocycles. The van der Waals surface area contributed by atoms with Crippen LogP contribution in [0.2, 0.25) is 0 Å². The number of aliphatic hydroxyl groups is 2. The Morgan fingerprint density at radius 1 is 1.31 bits per heavy atom. The molecule has 2 fully saturated rings. The summed E-state index contributed by atoms with van der Waals surface area (Å²) in [6.45, 7) is 4.39. The van der Waals surface area contributed by atoms with Gasteiger partial charge in [-0.05, 0) is 62.7 Å². The predicted molar refractivity (Wildman–Crippen MR) is 104 cm³/mol. The first-order valence-electron chi connectivity index (χ1n) is 10.3. The minimum Gasteiger partial charge on any atom is -0.481 e. The van der Waals surface area contributed by atoms with E-state index in [1.54, 1.807) is 0 Å². The average molecular weight is 365 g/mol. The predicted octanol–water partition coefficient (Wildman–Crippen LogP) is 4.32. The molecule has 2 aliphatic rings. The monoisotopic (exact) mass is 364 g/mol. The van der Waals surface area contributed by atoms with Gasteiger partial charge in [0, 0.05) is 12.3 Å². The Kier molecular flexibility index (Phi) is 8.36. The van der Waals surface area contributed by atoms with E-state index in [1.807, 2.05) is 6.08 Å². The summed E-state index contributed by atoms with van der Waals surface area (Å²) in [6, 6.07) is 0. The highest BCUT2D eigenvalue weighted by atomic mass is 16.4. The van der Waals surface area contributed by atoms with E-state index in [4.69, 9.17) is 5.11 Å². The van der Waals surface area contributed by atoms with Gasteiger partial charge in [0.1, 0.15) is 0 Å². The number of hydrogen-bond donors (Lipinski definition) is 3. The number of carbonyl (C=O) groups is 1. The van der Waals surface area contributed by atoms with Crippen LogP contribution in [0.25, 0.3) is 0 Å². The second-order valence-electron chi connectivity index (χ2n) is 8.40. The summed E-state index contributed by atoms with van der Waals surface area (Å²) in [6.07, 6.45) is 13.1. The maximum atomic E-state index is 10.6. The van der Waals surface area contributed by atoms with Gasteiger partial charge in [-0.2, -0.15) is 0 Å². The lowest BCUT2D eigenvalue weighted by atomic mass is 9.90. The average Bonchev–Trinajstić information content (AvgIpc) is 3.11. The van der Waals surface area contributed by atoms with E-state index < -0.39 is 12.1 Å². The lowest BCUT2D eigenvalue weighted by Crippen LogP contribution is -2.17. The SMILES string of the molecule is CCC(C)CC[C@@H](O)C=C[C@@H]1[C@H]2CC(=CCCCC(=O)O)C[C@@H]2C[C@H]1O. The van der Waals surface area contributed by atoms with Crippen LogP contribution in [-0.4, -0.2) is 33.5 Å². The second kappa shape index (κ2) is 10.3. The molecule has 0 aromatic rings. The van der Waals surface area contributed by atoms with Gasteiger partial charge in [0.05, 0.1) is 12.2 Å². The highest BCUT2D eigenvalue weighted by Gasteiger charge is 2.44. The maximum Gasteiger partial charge on any atom is 0.303 e. The summed E-state index contributed by atoms with van der Waals surface area (Å²) in [5.41, 5.74) is 1.42. The van der Waals surface area contributed by atoms with Crippen molar-refractivity contribution >= 4 is 5.97 Å². The molecule has 148 valence electrons. The topological polar surface area (TPSA) is 77.8 Å². The number of aliphatic carboxylic acids is 1. The first-order chi connectivity index (χ1) is 12.4. The van der Waals surface area contributed by atoms with Crippen LogP contribution in [0.4, 0.5) is 0 Å². The fourth-order valence-corrected chi connectivity index (χ4v) is 4.51. The third-order valence-electron chi connectivity index (χ3n) is 6.35.